The third-order valence-electron chi connectivity index (χ3n) is 2.81. The van der Waals surface area contributed by atoms with Crippen LogP contribution in [0.15, 0.2) is 34.8 Å². The molecule has 1 aromatic carbocycles. The molecule has 1 heterocycles. The van der Waals surface area contributed by atoms with Gasteiger partial charge < -0.3 is 14.6 Å². The van der Waals surface area contributed by atoms with Gasteiger partial charge in [-0.15, -0.1) is 0 Å². The number of nitrogens with zero attached hydrogens (tertiary/aromatic N) is 1. The van der Waals surface area contributed by atoms with Gasteiger partial charge in [-0.1, -0.05) is 6.07 Å². The number of carboxylic acid groups (broad SMARTS) is 1. The Balaban J connectivity index is 2.16. The Labute approximate surface area is 130 Å². The Kier molecular flexibility index (Phi) is 4.80. The van der Waals surface area contributed by atoms with Gasteiger partial charge in [-0.25, -0.2) is 9.78 Å². The Morgan fingerprint density at radius 1 is 1.29 bits per heavy atom. The summed E-state index contributed by atoms with van der Waals surface area (Å²) in [5, 5.41) is 9.13. The Morgan fingerprint density at radius 3 is 2.62 bits per heavy atom. The molecule has 1 aromatic heterocycles. The molecule has 0 aliphatic rings. The van der Waals surface area contributed by atoms with Gasteiger partial charge in [0.05, 0.1) is 11.6 Å². The quantitative estimate of drug-likeness (QED) is 0.893. The van der Waals surface area contributed by atoms with E-state index in [0.717, 1.165) is 15.8 Å². The molecule has 0 aliphatic carbocycles. The summed E-state index contributed by atoms with van der Waals surface area (Å²) in [6, 6.07) is 8.86. The number of benzene rings is 1. The highest BCUT2D eigenvalue weighted by atomic mass is 79.9. The van der Waals surface area contributed by atoms with Crippen LogP contribution in [0.25, 0.3) is 0 Å². The van der Waals surface area contributed by atoms with Crippen LogP contribution in [0.1, 0.15) is 21.7 Å². The first-order chi connectivity index (χ1) is 10.0. The normalized spacial score (nSPS) is 10.2. The minimum atomic E-state index is -1.11. The Morgan fingerprint density at radius 2 is 2.00 bits per heavy atom. The van der Waals surface area contributed by atoms with Crippen LogP contribution in [0.4, 0.5) is 0 Å². The van der Waals surface area contributed by atoms with E-state index in [1.165, 1.54) is 0 Å². The maximum absolute atomic E-state index is 11.2. The monoisotopic (exact) mass is 351 g/mol. The zero-order valence-electron chi connectivity index (χ0n) is 11.6. The van der Waals surface area contributed by atoms with Crippen molar-refractivity contribution in [3.05, 3.63) is 51.8 Å². The highest BCUT2D eigenvalue weighted by Gasteiger charge is 2.13. The summed E-state index contributed by atoms with van der Waals surface area (Å²) in [6.07, 6.45) is 0. The summed E-state index contributed by atoms with van der Waals surface area (Å²) in [7, 11) is 1.59. The van der Waals surface area contributed by atoms with Crippen molar-refractivity contribution in [3.63, 3.8) is 0 Å². The maximum atomic E-state index is 11.2. The second-order valence-electron chi connectivity index (χ2n) is 4.36. The van der Waals surface area contributed by atoms with Crippen molar-refractivity contribution in [2.24, 2.45) is 0 Å². The van der Waals surface area contributed by atoms with Crippen molar-refractivity contribution in [2.75, 3.05) is 7.11 Å². The molecule has 2 rings (SSSR count). The molecule has 0 spiro atoms. The number of hydrogen-bond acceptors (Lipinski definition) is 4. The second kappa shape index (κ2) is 6.58. The fourth-order valence-corrected chi connectivity index (χ4v) is 2.36. The lowest BCUT2D eigenvalue weighted by molar-refractivity contribution is 0.0684. The summed E-state index contributed by atoms with van der Waals surface area (Å²) in [5.41, 5.74) is 1.44. The van der Waals surface area contributed by atoms with Gasteiger partial charge in [0.25, 0.3) is 0 Å². The van der Waals surface area contributed by atoms with E-state index in [1.54, 1.807) is 26.2 Å². The number of carboxylic acids is 1. The number of halogens is 1. The molecule has 5 nitrogen and oxygen atoms in total. The average molecular weight is 352 g/mol. The molecule has 110 valence electrons. The number of aromatic carboxylic acids is 1. The van der Waals surface area contributed by atoms with Gasteiger partial charge >= 0.3 is 5.97 Å². The third-order valence-corrected chi connectivity index (χ3v) is 3.43. The second-order valence-corrected chi connectivity index (χ2v) is 5.22. The minimum Gasteiger partial charge on any atom is -0.496 e. The lowest BCUT2D eigenvalue weighted by Crippen LogP contribution is -2.07. The number of rotatable bonds is 5. The van der Waals surface area contributed by atoms with E-state index < -0.39 is 5.97 Å². The summed E-state index contributed by atoms with van der Waals surface area (Å²) < 4.78 is 11.5. The van der Waals surface area contributed by atoms with Gasteiger partial charge in [0.15, 0.2) is 11.4 Å². The minimum absolute atomic E-state index is 0.0809. The Hall–Kier alpha value is -2.08. The summed E-state index contributed by atoms with van der Waals surface area (Å²) in [4.78, 5) is 15.1. The molecular weight excluding hydrogens is 338 g/mol. The first kappa shape index (κ1) is 15.3. The van der Waals surface area contributed by atoms with E-state index >= 15 is 0 Å². The van der Waals surface area contributed by atoms with Crippen LogP contribution in [-0.4, -0.2) is 23.2 Å². The van der Waals surface area contributed by atoms with Crippen LogP contribution >= 0.6 is 15.9 Å². The number of aryl methyl sites for hydroxylation is 1. The van der Waals surface area contributed by atoms with Gasteiger partial charge in [0, 0.05) is 5.69 Å². The standard InChI is InChI=1S/C15H14BrNO4/c1-9-3-5-13(14(17-9)15(18)19)21-8-10-4-6-12(20-2)11(16)7-10/h3-7H,8H2,1-2H3,(H,18,19). The van der Waals surface area contributed by atoms with E-state index in [2.05, 4.69) is 20.9 Å². The summed E-state index contributed by atoms with van der Waals surface area (Å²) >= 11 is 3.39. The molecule has 0 atom stereocenters. The van der Waals surface area contributed by atoms with Crippen LogP contribution in [0.3, 0.4) is 0 Å². The van der Waals surface area contributed by atoms with Crippen LogP contribution in [0.2, 0.25) is 0 Å². The van der Waals surface area contributed by atoms with Gasteiger partial charge in [0.2, 0.25) is 0 Å². The SMILES string of the molecule is COc1ccc(COc2ccc(C)nc2C(=O)O)cc1Br. The topological polar surface area (TPSA) is 68.7 Å². The van der Waals surface area contributed by atoms with Gasteiger partial charge in [-0.3, -0.25) is 0 Å². The first-order valence-electron chi connectivity index (χ1n) is 6.17. The van der Waals surface area contributed by atoms with Crippen molar-refractivity contribution in [2.45, 2.75) is 13.5 Å². The molecule has 0 saturated carbocycles. The molecule has 0 saturated heterocycles. The van der Waals surface area contributed by atoms with Crippen molar-refractivity contribution < 1.29 is 19.4 Å². The molecule has 0 radical (unpaired) electrons. The molecule has 21 heavy (non-hydrogen) atoms. The molecule has 0 unspecified atom stereocenters. The predicted octanol–water partition coefficient (Wildman–Crippen LogP) is 3.44. The van der Waals surface area contributed by atoms with Crippen LogP contribution in [-0.2, 0) is 6.61 Å². The van der Waals surface area contributed by atoms with Crippen molar-refractivity contribution in [1.82, 2.24) is 4.98 Å². The van der Waals surface area contributed by atoms with E-state index in [9.17, 15) is 4.79 Å². The lowest BCUT2D eigenvalue weighted by atomic mass is 10.2. The van der Waals surface area contributed by atoms with E-state index in [0.29, 0.717) is 5.69 Å². The van der Waals surface area contributed by atoms with Crippen LogP contribution < -0.4 is 9.47 Å². The Bertz CT molecular complexity index is 673. The zero-order valence-corrected chi connectivity index (χ0v) is 13.2. The van der Waals surface area contributed by atoms with Gasteiger partial charge in [-0.2, -0.15) is 0 Å². The number of carbonyl (C=O) groups is 1. The maximum Gasteiger partial charge on any atom is 0.358 e. The summed E-state index contributed by atoms with van der Waals surface area (Å²) in [6.45, 7) is 1.98. The molecule has 0 bridgehead atoms. The van der Waals surface area contributed by atoms with E-state index in [-0.39, 0.29) is 18.1 Å². The van der Waals surface area contributed by atoms with Crippen LogP contribution in [0.5, 0.6) is 11.5 Å². The van der Waals surface area contributed by atoms with Crippen molar-refractivity contribution in [1.29, 1.82) is 0 Å². The number of ether oxygens (including phenoxy) is 2. The van der Waals surface area contributed by atoms with Crippen molar-refractivity contribution >= 4 is 21.9 Å². The lowest BCUT2D eigenvalue weighted by Gasteiger charge is -2.10. The molecule has 0 amide bonds. The zero-order chi connectivity index (χ0) is 15.4. The fourth-order valence-electron chi connectivity index (χ4n) is 1.77. The van der Waals surface area contributed by atoms with E-state index in [1.807, 2.05) is 18.2 Å². The molecule has 0 fully saturated rings. The number of aromatic nitrogens is 1. The molecule has 1 N–H and O–H groups in total. The number of methoxy groups -OCH3 is 1. The first-order valence-corrected chi connectivity index (χ1v) is 6.96. The molecule has 0 aliphatic heterocycles. The third kappa shape index (κ3) is 3.72. The van der Waals surface area contributed by atoms with Crippen LogP contribution in [0, 0.1) is 6.92 Å². The summed E-state index contributed by atoms with van der Waals surface area (Å²) in [5.74, 6) is -0.133. The molecule has 6 heteroatoms. The average Bonchev–Trinajstić information content (AvgIpc) is 2.46. The van der Waals surface area contributed by atoms with Gasteiger partial charge in [-0.05, 0) is 52.7 Å². The molecule has 2 aromatic rings. The number of pyridine rings is 1. The highest BCUT2D eigenvalue weighted by Crippen LogP contribution is 2.26. The highest BCUT2D eigenvalue weighted by molar-refractivity contribution is 9.10. The van der Waals surface area contributed by atoms with Gasteiger partial charge in [0.1, 0.15) is 12.4 Å². The van der Waals surface area contributed by atoms with Crippen molar-refractivity contribution in [3.8, 4) is 11.5 Å². The predicted molar refractivity (Wildman–Crippen MR) is 81.0 cm³/mol. The van der Waals surface area contributed by atoms with E-state index in [4.69, 9.17) is 14.6 Å². The fraction of sp³-hybridized carbons (Fsp3) is 0.200. The smallest absolute Gasteiger partial charge is 0.358 e. The largest absolute Gasteiger partial charge is 0.496 e. The molecular formula is C15H14BrNO4. The number of hydrogen-bond donors (Lipinski definition) is 1.